The highest BCUT2D eigenvalue weighted by Gasteiger charge is 2.14. The molecule has 4 nitrogen and oxygen atoms in total. The number of carboxylic acids is 1. The summed E-state index contributed by atoms with van der Waals surface area (Å²) in [5, 5.41) is 13.2. The number of rotatable bonds is 4. The average molecular weight is 262 g/mol. The molecule has 18 heavy (non-hydrogen) atoms. The first-order chi connectivity index (χ1) is 8.58. The predicted octanol–water partition coefficient (Wildman–Crippen LogP) is 2.66. The number of nitrogens with two attached hydrogens (primary N) is 1. The second kappa shape index (κ2) is 5.10. The van der Waals surface area contributed by atoms with Gasteiger partial charge >= 0.3 is 5.97 Å². The van der Waals surface area contributed by atoms with E-state index in [0.29, 0.717) is 17.9 Å². The number of aromatic carboxylic acids is 1. The van der Waals surface area contributed by atoms with E-state index in [1.165, 1.54) is 6.07 Å². The van der Waals surface area contributed by atoms with E-state index in [4.69, 9.17) is 5.73 Å². The lowest BCUT2D eigenvalue weighted by atomic mass is 10.1. The van der Waals surface area contributed by atoms with Crippen molar-refractivity contribution in [1.82, 2.24) is 0 Å². The highest BCUT2D eigenvalue weighted by molar-refractivity contribution is 7.07. The van der Waals surface area contributed by atoms with Crippen LogP contribution in [0.4, 0.5) is 11.4 Å². The van der Waals surface area contributed by atoms with Crippen LogP contribution in [0, 0.1) is 0 Å². The lowest BCUT2D eigenvalue weighted by molar-refractivity contribution is 0.0697. The van der Waals surface area contributed by atoms with Crippen LogP contribution >= 0.6 is 11.3 Å². The van der Waals surface area contributed by atoms with Crippen molar-refractivity contribution < 1.29 is 9.90 Å². The summed E-state index contributed by atoms with van der Waals surface area (Å²) in [6.07, 6.45) is 0. The van der Waals surface area contributed by atoms with Crippen molar-refractivity contribution in [3.63, 3.8) is 0 Å². The quantitative estimate of drug-likeness (QED) is 0.831. The van der Waals surface area contributed by atoms with Crippen molar-refractivity contribution in [2.75, 3.05) is 17.7 Å². The molecule has 0 fully saturated rings. The van der Waals surface area contributed by atoms with Crippen LogP contribution < -0.4 is 10.6 Å². The first kappa shape index (κ1) is 12.4. The molecule has 0 aliphatic rings. The molecule has 2 aromatic rings. The summed E-state index contributed by atoms with van der Waals surface area (Å²) in [4.78, 5) is 13.1. The summed E-state index contributed by atoms with van der Waals surface area (Å²) in [7, 11) is 1.87. The predicted molar refractivity (Wildman–Crippen MR) is 74.2 cm³/mol. The van der Waals surface area contributed by atoms with E-state index in [2.05, 4.69) is 0 Å². The monoisotopic (exact) mass is 262 g/mol. The number of benzene rings is 1. The minimum absolute atomic E-state index is 0.229. The van der Waals surface area contributed by atoms with E-state index in [0.717, 1.165) is 5.56 Å². The van der Waals surface area contributed by atoms with Gasteiger partial charge in [-0.25, -0.2) is 4.79 Å². The van der Waals surface area contributed by atoms with Crippen LogP contribution in [-0.4, -0.2) is 18.1 Å². The lowest BCUT2D eigenvalue weighted by Gasteiger charge is -2.21. The summed E-state index contributed by atoms with van der Waals surface area (Å²) in [6, 6.07) is 6.97. The number of thiophene rings is 1. The van der Waals surface area contributed by atoms with Crippen LogP contribution in [0.25, 0.3) is 0 Å². The third-order valence-corrected chi connectivity index (χ3v) is 3.39. The zero-order chi connectivity index (χ0) is 13.1. The van der Waals surface area contributed by atoms with Gasteiger partial charge in [0, 0.05) is 19.3 Å². The summed E-state index contributed by atoms with van der Waals surface area (Å²) in [5.41, 5.74) is 8.14. The fraction of sp³-hybridized carbons (Fsp3) is 0.154. The zero-order valence-electron chi connectivity index (χ0n) is 9.96. The first-order valence-corrected chi connectivity index (χ1v) is 6.37. The number of carboxylic acid groups (broad SMARTS) is 1. The van der Waals surface area contributed by atoms with E-state index < -0.39 is 5.97 Å². The Balaban J connectivity index is 2.29. The Morgan fingerprint density at radius 3 is 2.83 bits per heavy atom. The van der Waals surface area contributed by atoms with Crippen LogP contribution in [0.3, 0.4) is 0 Å². The molecular weight excluding hydrogens is 248 g/mol. The van der Waals surface area contributed by atoms with Crippen molar-refractivity contribution in [3.05, 3.63) is 46.2 Å². The maximum atomic E-state index is 11.2. The largest absolute Gasteiger partial charge is 0.478 e. The summed E-state index contributed by atoms with van der Waals surface area (Å²) in [5.74, 6) is -0.963. The van der Waals surface area contributed by atoms with E-state index in [1.54, 1.807) is 23.5 Å². The van der Waals surface area contributed by atoms with E-state index in [1.807, 2.05) is 28.8 Å². The number of nitrogen functional groups attached to an aromatic ring is 1. The maximum absolute atomic E-state index is 11.2. The number of anilines is 2. The number of nitrogens with zero attached hydrogens (tertiary/aromatic N) is 1. The molecular formula is C13H14N2O2S. The van der Waals surface area contributed by atoms with Gasteiger partial charge in [-0.2, -0.15) is 11.3 Å². The van der Waals surface area contributed by atoms with Crippen molar-refractivity contribution in [2.24, 2.45) is 0 Å². The average Bonchev–Trinajstić information content (AvgIpc) is 2.81. The van der Waals surface area contributed by atoms with Crippen molar-refractivity contribution in [3.8, 4) is 0 Å². The van der Waals surface area contributed by atoms with E-state index in [9.17, 15) is 9.90 Å². The van der Waals surface area contributed by atoms with Gasteiger partial charge < -0.3 is 15.7 Å². The molecule has 0 radical (unpaired) electrons. The number of carbonyl (C=O) groups is 1. The van der Waals surface area contributed by atoms with Gasteiger partial charge in [-0.1, -0.05) is 0 Å². The SMILES string of the molecule is CN(Cc1ccsc1)c1ccc(N)cc1C(=O)O. The molecule has 1 heterocycles. The maximum Gasteiger partial charge on any atom is 0.337 e. The van der Waals surface area contributed by atoms with Crippen LogP contribution in [0.15, 0.2) is 35.0 Å². The molecule has 94 valence electrons. The second-order valence-electron chi connectivity index (χ2n) is 4.07. The lowest BCUT2D eigenvalue weighted by Crippen LogP contribution is -2.19. The topological polar surface area (TPSA) is 66.6 Å². The van der Waals surface area contributed by atoms with Crippen LogP contribution in [-0.2, 0) is 6.54 Å². The number of hydrogen-bond donors (Lipinski definition) is 2. The molecule has 0 saturated heterocycles. The van der Waals surface area contributed by atoms with Crippen molar-refractivity contribution in [1.29, 1.82) is 0 Å². The molecule has 0 aliphatic heterocycles. The Bertz CT molecular complexity index is 552. The molecule has 1 aromatic carbocycles. The summed E-state index contributed by atoms with van der Waals surface area (Å²) in [6.45, 7) is 0.674. The molecule has 0 amide bonds. The van der Waals surface area contributed by atoms with Crippen molar-refractivity contribution in [2.45, 2.75) is 6.54 Å². The Morgan fingerprint density at radius 2 is 2.22 bits per heavy atom. The third kappa shape index (κ3) is 2.62. The molecule has 0 aliphatic carbocycles. The van der Waals surface area contributed by atoms with Gasteiger partial charge in [-0.15, -0.1) is 0 Å². The van der Waals surface area contributed by atoms with Gasteiger partial charge in [0.2, 0.25) is 0 Å². The van der Waals surface area contributed by atoms with Gasteiger partial charge in [0.25, 0.3) is 0 Å². The van der Waals surface area contributed by atoms with E-state index >= 15 is 0 Å². The standard InChI is InChI=1S/C13H14N2O2S/c1-15(7-9-4-5-18-8-9)12-3-2-10(14)6-11(12)13(16)17/h2-6,8H,7,14H2,1H3,(H,16,17). The minimum atomic E-state index is -0.963. The second-order valence-corrected chi connectivity index (χ2v) is 4.85. The molecule has 0 bridgehead atoms. The fourth-order valence-electron chi connectivity index (χ4n) is 1.80. The Kier molecular flexibility index (Phi) is 3.53. The molecule has 0 saturated carbocycles. The Morgan fingerprint density at radius 1 is 1.44 bits per heavy atom. The molecule has 3 N–H and O–H groups in total. The number of hydrogen-bond acceptors (Lipinski definition) is 4. The highest BCUT2D eigenvalue weighted by atomic mass is 32.1. The smallest absolute Gasteiger partial charge is 0.337 e. The summed E-state index contributed by atoms with van der Waals surface area (Å²) < 4.78 is 0. The van der Waals surface area contributed by atoms with Gasteiger partial charge in [-0.05, 0) is 40.6 Å². The van der Waals surface area contributed by atoms with Gasteiger partial charge in [0.15, 0.2) is 0 Å². The Labute approximate surface area is 109 Å². The molecule has 0 spiro atoms. The first-order valence-electron chi connectivity index (χ1n) is 5.43. The van der Waals surface area contributed by atoms with Crippen LogP contribution in [0.5, 0.6) is 0 Å². The summed E-state index contributed by atoms with van der Waals surface area (Å²) >= 11 is 1.63. The minimum Gasteiger partial charge on any atom is -0.478 e. The van der Waals surface area contributed by atoms with E-state index in [-0.39, 0.29) is 5.56 Å². The molecule has 0 atom stereocenters. The van der Waals surface area contributed by atoms with Gasteiger partial charge in [0.05, 0.1) is 11.3 Å². The third-order valence-electron chi connectivity index (χ3n) is 2.66. The van der Waals surface area contributed by atoms with Crippen molar-refractivity contribution >= 4 is 28.7 Å². The van der Waals surface area contributed by atoms with Crippen LogP contribution in [0.1, 0.15) is 15.9 Å². The fourth-order valence-corrected chi connectivity index (χ4v) is 2.46. The molecule has 2 rings (SSSR count). The molecule has 1 aromatic heterocycles. The van der Waals surface area contributed by atoms with Gasteiger partial charge in [0.1, 0.15) is 0 Å². The normalized spacial score (nSPS) is 10.3. The zero-order valence-corrected chi connectivity index (χ0v) is 10.8. The molecule has 0 unspecified atom stereocenters. The molecule has 5 heteroatoms. The Hall–Kier alpha value is -2.01. The van der Waals surface area contributed by atoms with Gasteiger partial charge in [-0.3, -0.25) is 0 Å². The van der Waals surface area contributed by atoms with Crippen LogP contribution in [0.2, 0.25) is 0 Å². The highest BCUT2D eigenvalue weighted by Crippen LogP contribution is 2.24.